The minimum atomic E-state index is 0.121. The molecule has 1 N–H and O–H groups in total. The van der Waals surface area contributed by atoms with Crippen LogP contribution in [0.2, 0.25) is 0 Å². The van der Waals surface area contributed by atoms with Crippen molar-refractivity contribution in [2.75, 3.05) is 6.26 Å². The lowest BCUT2D eigenvalue weighted by Gasteiger charge is -2.59. The summed E-state index contributed by atoms with van der Waals surface area (Å²) in [5, 5.41) is 8.70. The molecule has 4 aliphatic carbocycles. The van der Waals surface area contributed by atoms with Gasteiger partial charge in [0, 0.05) is 23.0 Å². The number of nitrogens with zero attached hydrogens (tertiary/aromatic N) is 4. The molecule has 1 atom stereocenters. The average Bonchev–Trinajstić information content (AvgIpc) is 3.11. The van der Waals surface area contributed by atoms with Crippen LogP contribution in [0.1, 0.15) is 68.8 Å². The van der Waals surface area contributed by atoms with E-state index in [9.17, 15) is 4.79 Å². The van der Waals surface area contributed by atoms with Crippen molar-refractivity contribution in [1.82, 2.24) is 24.9 Å². The third kappa shape index (κ3) is 3.33. The zero-order chi connectivity index (χ0) is 21.0. The molecule has 2 aromatic heterocycles. The molecular weight excluding hydrogens is 394 g/mol. The summed E-state index contributed by atoms with van der Waals surface area (Å²) < 4.78 is 1.78. The first-order chi connectivity index (χ1) is 14.4. The number of carbonyl (C=O) groups is 1. The summed E-state index contributed by atoms with van der Waals surface area (Å²) in [4.78, 5) is 22.2. The van der Waals surface area contributed by atoms with Crippen LogP contribution in [-0.2, 0) is 11.2 Å². The van der Waals surface area contributed by atoms with Gasteiger partial charge < -0.3 is 5.32 Å². The molecule has 1 amide bonds. The number of fused-ring (bicyclic) bond motifs is 1. The fraction of sp³-hybridized carbons (Fsp3) is 0.739. The predicted octanol–water partition coefficient (Wildman–Crippen LogP) is 4.12. The van der Waals surface area contributed by atoms with Crippen LogP contribution in [0, 0.1) is 37.0 Å². The highest BCUT2D eigenvalue weighted by molar-refractivity contribution is 7.98. The topological polar surface area (TPSA) is 72.2 Å². The number of hydrogen-bond acceptors (Lipinski definition) is 5. The number of nitrogens with one attached hydrogen (secondary N) is 1. The van der Waals surface area contributed by atoms with E-state index in [1.165, 1.54) is 50.3 Å². The van der Waals surface area contributed by atoms with Crippen LogP contribution in [-0.4, -0.2) is 37.8 Å². The van der Waals surface area contributed by atoms with Crippen molar-refractivity contribution in [2.45, 2.75) is 83.3 Å². The summed E-state index contributed by atoms with van der Waals surface area (Å²) in [7, 11) is 0. The molecular formula is C23H33N5OS. The maximum absolute atomic E-state index is 13.2. The van der Waals surface area contributed by atoms with Gasteiger partial charge in [-0.3, -0.25) is 4.79 Å². The van der Waals surface area contributed by atoms with Crippen LogP contribution in [0.4, 0.5) is 0 Å². The quantitative estimate of drug-likeness (QED) is 0.702. The summed E-state index contributed by atoms with van der Waals surface area (Å²) in [6.07, 6.45) is 11.6. The van der Waals surface area contributed by atoms with E-state index in [-0.39, 0.29) is 5.91 Å². The maximum Gasteiger partial charge on any atom is 0.253 e. The molecule has 30 heavy (non-hydrogen) atoms. The first kappa shape index (κ1) is 20.3. The van der Waals surface area contributed by atoms with Crippen molar-refractivity contribution in [2.24, 2.45) is 23.2 Å². The minimum absolute atomic E-state index is 0.121. The van der Waals surface area contributed by atoms with E-state index >= 15 is 0 Å². The molecule has 4 saturated carbocycles. The zero-order valence-corrected chi connectivity index (χ0v) is 19.4. The fourth-order valence-electron chi connectivity index (χ4n) is 7.23. The second-order valence-corrected chi connectivity index (χ2v) is 10.8. The predicted molar refractivity (Wildman–Crippen MR) is 119 cm³/mol. The smallest absolute Gasteiger partial charge is 0.253 e. The van der Waals surface area contributed by atoms with Gasteiger partial charge in [-0.2, -0.15) is 4.98 Å². The Bertz CT molecular complexity index is 948. The SMILES string of the molecule is CC[C@@H](NC(=O)Cc1c(C)nc2nc(SC)nn2c1C)C12CC3CC(CC(C3)C1)C2. The highest BCUT2D eigenvalue weighted by atomic mass is 32.2. The number of aromatic nitrogens is 4. The lowest BCUT2D eigenvalue weighted by atomic mass is 9.47. The zero-order valence-electron chi connectivity index (χ0n) is 18.6. The molecule has 7 heteroatoms. The van der Waals surface area contributed by atoms with Gasteiger partial charge >= 0.3 is 0 Å². The fourth-order valence-corrected chi connectivity index (χ4v) is 7.57. The van der Waals surface area contributed by atoms with Gasteiger partial charge in [-0.25, -0.2) is 9.50 Å². The van der Waals surface area contributed by atoms with Crippen LogP contribution in [0.25, 0.3) is 5.78 Å². The van der Waals surface area contributed by atoms with Crippen molar-refractivity contribution in [3.05, 3.63) is 17.0 Å². The van der Waals surface area contributed by atoms with Gasteiger partial charge in [-0.1, -0.05) is 18.7 Å². The van der Waals surface area contributed by atoms with Gasteiger partial charge in [0.25, 0.3) is 5.78 Å². The largest absolute Gasteiger partial charge is 0.353 e. The Morgan fingerprint density at radius 3 is 2.37 bits per heavy atom. The van der Waals surface area contributed by atoms with Gasteiger partial charge in [-0.15, -0.1) is 5.10 Å². The monoisotopic (exact) mass is 427 g/mol. The van der Waals surface area contributed by atoms with Gasteiger partial charge in [0.05, 0.1) is 6.42 Å². The number of rotatable bonds is 6. The highest BCUT2D eigenvalue weighted by Gasteiger charge is 2.54. The molecule has 0 unspecified atom stereocenters. The van der Waals surface area contributed by atoms with E-state index in [1.807, 2.05) is 20.1 Å². The standard InChI is InChI=1S/C23H33N5OS/c1-5-19(23-10-15-6-16(11-23)8-17(7-15)12-23)25-20(29)9-18-13(2)24-21-26-22(30-4)27-28(21)14(18)3/h15-17,19H,5-12H2,1-4H3,(H,25,29)/t15?,16?,17?,19-,23?/m1/s1. The number of hydrogen-bond donors (Lipinski definition) is 1. The maximum atomic E-state index is 13.2. The Balaban J connectivity index is 1.35. The molecule has 4 aliphatic rings. The van der Waals surface area contributed by atoms with Crippen molar-refractivity contribution in [3.8, 4) is 0 Å². The Morgan fingerprint density at radius 1 is 1.17 bits per heavy atom. The van der Waals surface area contributed by atoms with Gasteiger partial charge in [0.15, 0.2) is 0 Å². The van der Waals surface area contributed by atoms with Crippen LogP contribution in [0.15, 0.2) is 5.16 Å². The Morgan fingerprint density at radius 2 is 1.80 bits per heavy atom. The molecule has 4 bridgehead atoms. The third-order valence-electron chi connectivity index (χ3n) is 8.12. The molecule has 162 valence electrons. The number of amides is 1. The molecule has 0 aromatic carbocycles. The molecule has 2 heterocycles. The van der Waals surface area contributed by atoms with E-state index in [0.29, 0.717) is 28.8 Å². The normalized spacial score (nSPS) is 30.7. The molecule has 0 saturated heterocycles. The average molecular weight is 428 g/mol. The number of carbonyl (C=O) groups excluding carboxylic acids is 1. The third-order valence-corrected chi connectivity index (χ3v) is 8.66. The highest BCUT2D eigenvalue weighted by Crippen LogP contribution is 2.61. The number of aryl methyl sites for hydroxylation is 2. The summed E-state index contributed by atoms with van der Waals surface area (Å²) in [5.74, 6) is 3.43. The summed E-state index contributed by atoms with van der Waals surface area (Å²) in [6, 6.07) is 0.296. The molecule has 4 fully saturated rings. The van der Waals surface area contributed by atoms with Crippen molar-refractivity contribution >= 4 is 23.4 Å². The first-order valence-corrected chi connectivity index (χ1v) is 12.7. The molecule has 6 nitrogen and oxygen atoms in total. The van der Waals surface area contributed by atoms with Crippen LogP contribution >= 0.6 is 11.8 Å². The first-order valence-electron chi connectivity index (χ1n) is 11.5. The second-order valence-electron chi connectivity index (χ2n) is 10.1. The van der Waals surface area contributed by atoms with Crippen LogP contribution in [0.5, 0.6) is 0 Å². The minimum Gasteiger partial charge on any atom is -0.353 e. The van der Waals surface area contributed by atoms with Crippen molar-refractivity contribution in [3.63, 3.8) is 0 Å². The Kier molecular flexibility index (Phi) is 5.07. The van der Waals surface area contributed by atoms with E-state index in [2.05, 4.69) is 27.3 Å². The Labute approximate surface area is 183 Å². The Hall–Kier alpha value is -1.63. The lowest BCUT2D eigenvalue weighted by Crippen LogP contribution is -2.56. The van der Waals surface area contributed by atoms with Crippen LogP contribution < -0.4 is 5.32 Å². The van der Waals surface area contributed by atoms with E-state index in [4.69, 9.17) is 0 Å². The molecule has 0 aliphatic heterocycles. The van der Waals surface area contributed by atoms with Gasteiger partial charge in [0.1, 0.15) is 0 Å². The summed E-state index contributed by atoms with van der Waals surface area (Å²) in [6.45, 7) is 6.23. The molecule has 0 spiro atoms. The van der Waals surface area contributed by atoms with Crippen molar-refractivity contribution in [1.29, 1.82) is 0 Å². The number of thioether (sulfide) groups is 1. The van der Waals surface area contributed by atoms with Crippen molar-refractivity contribution < 1.29 is 4.79 Å². The van der Waals surface area contributed by atoms with E-state index in [1.54, 1.807) is 4.52 Å². The van der Waals surface area contributed by atoms with Gasteiger partial charge in [-0.05, 0) is 88.2 Å². The summed E-state index contributed by atoms with van der Waals surface area (Å²) >= 11 is 1.51. The molecule has 2 aromatic rings. The van der Waals surface area contributed by atoms with Gasteiger partial charge in [0.2, 0.25) is 11.1 Å². The lowest BCUT2D eigenvalue weighted by molar-refractivity contribution is -0.126. The van der Waals surface area contributed by atoms with E-state index < -0.39 is 0 Å². The molecule has 6 rings (SSSR count). The second kappa shape index (κ2) is 7.50. The summed E-state index contributed by atoms with van der Waals surface area (Å²) in [5.41, 5.74) is 3.14. The van der Waals surface area contributed by atoms with E-state index in [0.717, 1.165) is 41.1 Å². The molecule has 0 radical (unpaired) electrons. The van der Waals surface area contributed by atoms with Crippen LogP contribution in [0.3, 0.4) is 0 Å².